The third kappa shape index (κ3) is 3.27. The van der Waals surface area contributed by atoms with Gasteiger partial charge in [-0.2, -0.15) is 18.3 Å². The van der Waals surface area contributed by atoms with Gasteiger partial charge in [-0.1, -0.05) is 12.1 Å². The molecule has 3 nitrogen and oxygen atoms in total. The zero-order chi connectivity index (χ0) is 13.9. The molecule has 0 saturated carbocycles. The third-order valence-electron chi connectivity index (χ3n) is 2.71. The number of alkyl halides is 3. The van der Waals surface area contributed by atoms with E-state index in [4.69, 9.17) is 0 Å². The molecule has 1 aromatic heterocycles. The Morgan fingerprint density at radius 3 is 2.58 bits per heavy atom. The van der Waals surface area contributed by atoms with Gasteiger partial charge in [0.15, 0.2) is 0 Å². The maximum absolute atomic E-state index is 12.8. The molecule has 0 aliphatic rings. The van der Waals surface area contributed by atoms with Gasteiger partial charge in [0, 0.05) is 18.4 Å². The molecule has 1 heterocycles. The summed E-state index contributed by atoms with van der Waals surface area (Å²) < 4.78 is 40.0. The number of rotatable bonds is 4. The van der Waals surface area contributed by atoms with Crippen LogP contribution in [0.25, 0.3) is 0 Å². The number of anilines is 1. The molecule has 0 atom stereocenters. The Morgan fingerprint density at radius 2 is 1.95 bits per heavy atom. The monoisotopic (exact) mass is 269 g/mol. The highest BCUT2D eigenvalue weighted by Crippen LogP contribution is 2.34. The smallest absolute Gasteiger partial charge is 0.379 e. The van der Waals surface area contributed by atoms with E-state index < -0.39 is 11.7 Å². The molecule has 0 radical (unpaired) electrons. The minimum Gasteiger partial charge on any atom is -0.379 e. The summed E-state index contributed by atoms with van der Waals surface area (Å²) in [7, 11) is 0. The van der Waals surface area contributed by atoms with Crippen LogP contribution in [0.4, 0.5) is 18.9 Å². The molecule has 0 unspecified atom stereocenters. The SMILES string of the molecule is CCn1ccc(CNc2ccccc2C(F)(F)F)n1. The average molecular weight is 269 g/mol. The minimum atomic E-state index is -4.35. The second kappa shape index (κ2) is 5.34. The van der Waals surface area contributed by atoms with Gasteiger partial charge in [-0.05, 0) is 25.1 Å². The molecule has 0 saturated heterocycles. The Labute approximate surface area is 109 Å². The highest BCUT2D eigenvalue weighted by atomic mass is 19.4. The molecular weight excluding hydrogens is 255 g/mol. The van der Waals surface area contributed by atoms with E-state index in [1.54, 1.807) is 23.0 Å². The lowest BCUT2D eigenvalue weighted by molar-refractivity contribution is -0.136. The lowest BCUT2D eigenvalue weighted by atomic mass is 10.1. The summed E-state index contributed by atoms with van der Waals surface area (Å²) in [6.07, 6.45) is -2.56. The summed E-state index contributed by atoms with van der Waals surface area (Å²) in [5, 5.41) is 6.99. The van der Waals surface area contributed by atoms with Crippen LogP contribution in [0.5, 0.6) is 0 Å². The summed E-state index contributed by atoms with van der Waals surface area (Å²) in [6, 6.07) is 7.21. The molecule has 0 aliphatic carbocycles. The molecule has 1 aromatic carbocycles. The summed E-state index contributed by atoms with van der Waals surface area (Å²) in [5.74, 6) is 0. The molecule has 2 rings (SSSR count). The minimum absolute atomic E-state index is 0.0704. The lowest BCUT2D eigenvalue weighted by Crippen LogP contribution is -2.11. The molecule has 0 spiro atoms. The van der Waals surface area contributed by atoms with E-state index in [1.807, 2.05) is 6.92 Å². The Hall–Kier alpha value is -1.98. The van der Waals surface area contributed by atoms with Gasteiger partial charge in [0.1, 0.15) is 0 Å². The van der Waals surface area contributed by atoms with Crippen LogP contribution in [-0.4, -0.2) is 9.78 Å². The van der Waals surface area contributed by atoms with Gasteiger partial charge in [-0.25, -0.2) is 0 Å². The number of aromatic nitrogens is 2. The van der Waals surface area contributed by atoms with E-state index in [9.17, 15) is 13.2 Å². The predicted molar refractivity (Wildman–Crippen MR) is 66.7 cm³/mol. The van der Waals surface area contributed by atoms with E-state index >= 15 is 0 Å². The molecule has 19 heavy (non-hydrogen) atoms. The molecule has 0 fully saturated rings. The Kier molecular flexibility index (Phi) is 3.78. The number of hydrogen-bond acceptors (Lipinski definition) is 2. The standard InChI is InChI=1S/C13H14F3N3/c1-2-19-8-7-10(18-19)9-17-12-6-4-3-5-11(12)13(14,15)16/h3-8,17H,2,9H2,1H3. The maximum atomic E-state index is 12.8. The lowest BCUT2D eigenvalue weighted by Gasteiger charge is -2.13. The fourth-order valence-corrected chi connectivity index (χ4v) is 1.74. The van der Waals surface area contributed by atoms with Crippen molar-refractivity contribution >= 4 is 5.69 Å². The second-order valence-electron chi connectivity index (χ2n) is 4.06. The maximum Gasteiger partial charge on any atom is 0.418 e. The van der Waals surface area contributed by atoms with Gasteiger partial charge >= 0.3 is 6.18 Å². The van der Waals surface area contributed by atoms with Crippen LogP contribution in [0.15, 0.2) is 36.5 Å². The van der Waals surface area contributed by atoms with Crippen LogP contribution in [-0.2, 0) is 19.3 Å². The highest BCUT2D eigenvalue weighted by Gasteiger charge is 2.33. The zero-order valence-electron chi connectivity index (χ0n) is 10.4. The van der Waals surface area contributed by atoms with E-state index in [2.05, 4.69) is 10.4 Å². The van der Waals surface area contributed by atoms with Crippen molar-refractivity contribution in [1.29, 1.82) is 0 Å². The Bertz CT molecular complexity index is 546. The number of benzene rings is 1. The van der Waals surface area contributed by atoms with Crippen molar-refractivity contribution in [2.45, 2.75) is 26.2 Å². The normalized spacial score (nSPS) is 11.6. The van der Waals surface area contributed by atoms with Crippen molar-refractivity contribution in [3.63, 3.8) is 0 Å². The summed E-state index contributed by atoms with van der Waals surface area (Å²) >= 11 is 0. The van der Waals surface area contributed by atoms with E-state index in [-0.39, 0.29) is 12.2 Å². The topological polar surface area (TPSA) is 29.9 Å². The number of nitrogens with one attached hydrogen (secondary N) is 1. The number of nitrogens with zero attached hydrogens (tertiary/aromatic N) is 2. The fraction of sp³-hybridized carbons (Fsp3) is 0.308. The molecule has 0 bridgehead atoms. The first-order valence-corrected chi connectivity index (χ1v) is 5.93. The van der Waals surface area contributed by atoms with Crippen molar-refractivity contribution in [2.75, 3.05) is 5.32 Å². The highest BCUT2D eigenvalue weighted by molar-refractivity contribution is 5.52. The first-order chi connectivity index (χ1) is 9.00. The Balaban J connectivity index is 2.11. The Morgan fingerprint density at radius 1 is 1.21 bits per heavy atom. The van der Waals surface area contributed by atoms with E-state index in [0.717, 1.165) is 12.6 Å². The quantitative estimate of drug-likeness (QED) is 0.920. The molecule has 0 aliphatic heterocycles. The van der Waals surface area contributed by atoms with Crippen molar-refractivity contribution < 1.29 is 13.2 Å². The molecule has 1 N–H and O–H groups in total. The molecule has 102 valence electrons. The van der Waals surface area contributed by atoms with E-state index in [1.165, 1.54) is 12.1 Å². The molecule has 0 amide bonds. The van der Waals surface area contributed by atoms with Crippen LogP contribution in [0.2, 0.25) is 0 Å². The second-order valence-corrected chi connectivity index (χ2v) is 4.06. The van der Waals surface area contributed by atoms with Crippen molar-refractivity contribution in [2.24, 2.45) is 0 Å². The fourth-order valence-electron chi connectivity index (χ4n) is 1.74. The largest absolute Gasteiger partial charge is 0.418 e. The predicted octanol–water partition coefficient (Wildman–Crippen LogP) is 3.53. The van der Waals surface area contributed by atoms with Crippen molar-refractivity contribution in [3.05, 3.63) is 47.8 Å². The van der Waals surface area contributed by atoms with Gasteiger partial charge in [0.2, 0.25) is 0 Å². The first-order valence-electron chi connectivity index (χ1n) is 5.93. The molecular formula is C13H14F3N3. The van der Waals surface area contributed by atoms with Crippen molar-refractivity contribution in [3.8, 4) is 0 Å². The summed E-state index contributed by atoms with van der Waals surface area (Å²) in [4.78, 5) is 0. The molecule has 2 aromatic rings. The number of para-hydroxylation sites is 1. The summed E-state index contributed by atoms with van der Waals surface area (Å²) in [6.45, 7) is 2.95. The molecule has 6 heteroatoms. The van der Waals surface area contributed by atoms with Crippen molar-refractivity contribution in [1.82, 2.24) is 9.78 Å². The van der Waals surface area contributed by atoms with Gasteiger partial charge in [0.25, 0.3) is 0 Å². The number of hydrogen-bond donors (Lipinski definition) is 1. The van der Waals surface area contributed by atoms with Crippen LogP contribution >= 0.6 is 0 Å². The van der Waals surface area contributed by atoms with Crippen LogP contribution in [0.3, 0.4) is 0 Å². The van der Waals surface area contributed by atoms with Gasteiger partial charge in [0.05, 0.1) is 17.8 Å². The number of halogens is 3. The van der Waals surface area contributed by atoms with Gasteiger partial charge in [-0.3, -0.25) is 4.68 Å². The average Bonchev–Trinajstić information content (AvgIpc) is 2.83. The number of aryl methyl sites for hydroxylation is 1. The van der Waals surface area contributed by atoms with E-state index in [0.29, 0.717) is 5.69 Å². The van der Waals surface area contributed by atoms with Crippen LogP contribution < -0.4 is 5.32 Å². The third-order valence-corrected chi connectivity index (χ3v) is 2.71. The van der Waals surface area contributed by atoms with Gasteiger partial charge < -0.3 is 5.32 Å². The van der Waals surface area contributed by atoms with Crippen LogP contribution in [0, 0.1) is 0 Å². The van der Waals surface area contributed by atoms with Crippen LogP contribution in [0.1, 0.15) is 18.2 Å². The first kappa shape index (κ1) is 13.5. The summed E-state index contributed by atoms with van der Waals surface area (Å²) in [5.41, 5.74) is 0.116. The zero-order valence-corrected chi connectivity index (χ0v) is 10.4. The van der Waals surface area contributed by atoms with Gasteiger partial charge in [-0.15, -0.1) is 0 Å².